The minimum atomic E-state index is -0.740. The predicted molar refractivity (Wildman–Crippen MR) is 145 cm³/mol. The first-order valence-electron chi connectivity index (χ1n) is 11.5. The molecule has 0 radical (unpaired) electrons. The van der Waals surface area contributed by atoms with Gasteiger partial charge in [0.2, 0.25) is 0 Å². The highest BCUT2D eigenvalue weighted by Crippen LogP contribution is 2.30. The van der Waals surface area contributed by atoms with Gasteiger partial charge in [0, 0.05) is 4.47 Å². The van der Waals surface area contributed by atoms with Crippen molar-refractivity contribution in [3.05, 3.63) is 136 Å². The molecule has 0 spiro atoms. The number of hydrogen-bond donors (Lipinski definition) is 0. The zero-order valence-electron chi connectivity index (χ0n) is 19.5. The molecule has 0 N–H and O–H groups in total. The second-order valence-electron chi connectivity index (χ2n) is 8.45. The summed E-state index contributed by atoms with van der Waals surface area (Å²) in [6.45, 7) is 0. The maximum atomic E-state index is 13.6. The van der Waals surface area contributed by atoms with Crippen LogP contribution in [0.3, 0.4) is 0 Å². The molecule has 0 aliphatic carbocycles. The minimum absolute atomic E-state index is 0.142. The number of rotatable bonds is 5. The van der Waals surface area contributed by atoms with Gasteiger partial charge in [0.15, 0.2) is 0 Å². The molecule has 1 fully saturated rings. The molecule has 0 unspecified atom stereocenters. The topological polar surface area (TPSA) is 57.7 Å². The van der Waals surface area contributed by atoms with E-state index >= 15 is 0 Å². The van der Waals surface area contributed by atoms with Crippen LogP contribution in [0.5, 0.6) is 0 Å². The first kappa shape index (κ1) is 24.3. The summed E-state index contributed by atoms with van der Waals surface area (Å²) in [5, 5.41) is 0. The standard InChI is InChI=1S/C30H20BrFN2O3/c31-27-19-21(14-15-22(27)16-20-8-7-9-23(32)17-20)18-26-28(35)33(24-10-3-1-4-11-24)30(37)34(29(26)36)25-12-5-2-6-13-25/h1-15,17-19H,16H2. The number of benzene rings is 4. The third-order valence-corrected chi connectivity index (χ3v) is 6.69. The number of halogens is 2. The lowest BCUT2D eigenvalue weighted by atomic mass is 10.0. The van der Waals surface area contributed by atoms with Crippen molar-refractivity contribution < 1.29 is 18.8 Å². The Morgan fingerprint density at radius 3 is 1.84 bits per heavy atom. The summed E-state index contributed by atoms with van der Waals surface area (Å²) < 4.78 is 14.3. The van der Waals surface area contributed by atoms with Crippen LogP contribution < -0.4 is 9.80 Å². The molecule has 1 saturated heterocycles. The summed E-state index contributed by atoms with van der Waals surface area (Å²) in [5.74, 6) is -1.70. The Hall–Kier alpha value is -4.36. The van der Waals surface area contributed by atoms with Crippen LogP contribution in [0.2, 0.25) is 0 Å². The Kier molecular flexibility index (Phi) is 6.79. The molecule has 1 aliphatic rings. The van der Waals surface area contributed by atoms with Crippen LogP contribution in [0.4, 0.5) is 20.6 Å². The summed E-state index contributed by atoms with van der Waals surface area (Å²) >= 11 is 3.56. The van der Waals surface area contributed by atoms with Crippen LogP contribution in [-0.4, -0.2) is 17.8 Å². The summed E-state index contributed by atoms with van der Waals surface area (Å²) in [4.78, 5) is 42.4. The fourth-order valence-corrected chi connectivity index (χ4v) is 4.71. The summed E-state index contributed by atoms with van der Waals surface area (Å²) in [5.41, 5.74) is 2.92. The van der Waals surface area contributed by atoms with Gasteiger partial charge in [-0.3, -0.25) is 9.59 Å². The lowest BCUT2D eigenvalue weighted by Crippen LogP contribution is -2.57. The van der Waals surface area contributed by atoms with Crippen molar-refractivity contribution in [1.82, 2.24) is 0 Å². The fraction of sp³-hybridized carbons (Fsp3) is 0.0333. The van der Waals surface area contributed by atoms with Gasteiger partial charge in [0.1, 0.15) is 11.4 Å². The maximum Gasteiger partial charge on any atom is 0.343 e. The van der Waals surface area contributed by atoms with E-state index < -0.39 is 17.8 Å². The highest BCUT2D eigenvalue weighted by atomic mass is 79.9. The fourth-order valence-electron chi connectivity index (χ4n) is 4.17. The van der Waals surface area contributed by atoms with E-state index in [2.05, 4.69) is 15.9 Å². The maximum absolute atomic E-state index is 13.6. The average molecular weight is 555 g/mol. The van der Waals surface area contributed by atoms with E-state index in [1.54, 1.807) is 78.9 Å². The Morgan fingerprint density at radius 2 is 1.30 bits per heavy atom. The highest BCUT2D eigenvalue weighted by molar-refractivity contribution is 9.10. The SMILES string of the molecule is O=C1C(=Cc2ccc(Cc3cccc(F)c3)c(Br)c2)C(=O)N(c2ccccc2)C(=O)N1c1ccccc1. The molecule has 182 valence electrons. The number of urea groups is 1. The van der Waals surface area contributed by atoms with Crippen molar-refractivity contribution in [2.75, 3.05) is 9.80 Å². The molecule has 1 aliphatic heterocycles. The van der Waals surface area contributed by atoms with Crippen molar-refractivity contribution in [1.29, 1.82) is 0 Å². The summed E-state index contributed by atoms with van der Waals surface area (Å²) in [7, 11) is 0. The van der Waals surface area contributed by atoms with E-state index in [1.165, 1.54) is 18.2 Å². The third-order valence-electron chi connectivity index (χ3n) is 5.95. The van der Waals surface area contributed by atoms with Gasteiger partial charge in [-0.25, -0.2) is 19.0 Å². The number of anilines is 2. The lowest BCUT2D eigenvalue weighted by molar-refractivity contribution is -0.121. The number of carbonyl (C=O) groups is 3. The van der Waals surface area contributed by atoms with Crippen LogP contribution in [0.15, 0.2) is 113 Å². The number of imide groups is 2. The number of nitrogens with zero attached hydrogens (tertiary/aromatic N) is 2. The van der Waals surface area contributed by atoms with Crippen molar-refractivity contribution >= 4 is 51.2 Å². The molecule has 1 heterocycles. The zero-order valence-corrected chi connectivity index (χ0v) is 21.1. The van der Waals surface area contributed by atoms with Gasteiger partial charge in [0.25, 0.3) is 11.8 Å². The molecule has 4 aromatic rings. The number of barbiturate groups is 1. The van der Waals surface area contributed by atoms with Gasteiger partial charge in [-0.1, -0.05) is 76.6 Å². The molecular weight excluding hydrogens is 535 g/mol. The van der Waals surface area contributed by atoms with E-state index in [9.17, 15) is 18.8 Å². The second-order valence-corrected chi connectivity index (χ2v) is 9.30. The Morgan fingerprint density at radius 1 is 0.703 bits per heavy atom. The van der Waals surface area contributed by atoms with Gasteiger partial charge < -0.3 is 0 Å². The van der Waals surface area contributed by atoms with Gasteiger partial charge in [-0.2, -0.15) is 0 Å². The van der Waals surface area contributed by atoms with E-state index in [0.717, 1.165) is 25.4 Å². The van der Waals surface area contributed by atoms with Crippen LogP contribution in [0.1, 0.15) is 16.7 Å². The van der Waals surface area contributed by atoms with E-state index in [4.69, 9.17) is 0 Å². The summed E-state index contributed by atoms with van der Waals surface area (Å²) in [6, 6.07) is 28.1. The van der Waals surface area contributed by atoms with Crippen LogP contribution >= 0.6 is 15.9 Å². The Bertz CT molecular complexity index is 1470. The monoisotopic (exact) mass is 554 g/mol. The molecule has 7 heteroatoms. The van der Waals surface area contributed by atoms with E-state index in [1.807, 2.05) is 12.1 Å². The average Bonchev–Trinajstić information content (AvgIpc) is 2.89. The molecule has 0 saturated carbocycles. The molecule has 5 rings (SSSR count). The van der Waals surface area contributed by atoms with Crippen LogP contribution in [-0.2, 0) is 16.0 Å². The molecule has 4 aromatic carbocycles. The van der Waals surface area contributed by atoms with E-state index in [0.29, 0.717) is 23.4 Å². The third kappa shape index (κ3) is 4.99. The second kappa shape index (κ2) is 10.3. The molecule has 37 heavy (non-hydrogen) atoms. The molecule has 0 bridgehead atoms. The van der Waals surface area contributed by atoms with Gasteiger partial charge in [0.05, 0.1) is 11.4 Å². The number of carbonyl (C=O) groups excluding carboxylic acids is 3. The first-order chi connectivity index (χ1) is 17.9. The van der Waals surface area contributed by atoms with E-state index in [-0.39, 0.29) is 11.4 Å². The molecule has 4 amide bonds. The Labute approximate surface area is 221 Å². The normalized spacial score (nSPS) is 13.8. The first-order valence-corrected chi connectivity index (χ1v) is 12.3. The zero-order chi connectivity index (χ0) is 25.9. The predicted octanol–water partition coefficient (Wildman–Crippen LogP) is 6.76. The largest absolute Gasteiger partial charge is 0.343 e. The van der Waals surface area contributed by atoms with Crippen molar-refractivity contribution in [2.24, 2.45) is 0 Å². The number of hydrogen-bond acceptors (Lipinski definition) is 3. The molecule has 5 nitrogen and oxygen atoms in total. The smallest absolute Gasteiger partial charge is 0.268 e. The number of amides is 4. The van der Waals surface area contributed by atoms with Crippen LogP contribution in [0.25, 0.3) is 6.08 Å². The van der Waals surface area contributed by atoms with Crippen LogP contribution in [0, 0.1) is 5.82 Å². The molecule has 0 aromatic heterocycles. The van der Waals surface area contributed by atoms with Crippen molar-refractivity contribution in [3.8, 4) is 0 Å². The molecular formula is C30H20BrFN2O3. The quantitative estimate of drug-likeness (QED) is 0.202. The van der Waals surface area contributed by atoms with Gasteiger partial charge in [-0.05, 0) is 71.7 Å². The Balaban J connectivity index is 1.54. The molecule has 0 atom stereocenters. The minimum Gasteiger partial charge on any atom is -0.268 e. The van der Waals surface area contributed by atoms with Gasteiger partial charge >= 0.3 is 6.03 Å². The lowest BCUT2D eigenvalue weighted by Gasteiger charge is -2.33. The van der Waals surface area contributed by atoms with Crippen molar-refractivity contribution in [3.63, 3.8) is 0 Å². The van der Waals surface area contributed by atoms with Gasteiger partial charge in [-0.15, -0.1) is 0 Å². The summed E-state index contributed by atoms with van der Waals surface area (Å²) in [6.07, 6.45) is 1.99. The highest BCUT2D eigenvalue weighted by Gasteiger charge is 2.43. The van der Waals surface area contributed by atoms with Crippen molar-refractivity contribution in [2.45, 2.75) is 6.42 Å². The number of para-hydroxylation sites is 2.